The molecule has 0 saturated heterocycles. The summed E-state index contributed by atoms with van der Waals surface area (Å²) in [6.07, 6.45) is 1.57. The van der Waals surface area contributed by atoms with Crippen LogP contribution in [-0.4, -0.2) is 22.7 Å². The van der Waals surface area contributed by atoms with Crippen LogP contribution in [0, 0.1) is 0 Å². The SMILES string of the molecule is CCOc1ccc(Nc2ccc(Cl)cc2C(=O)O)cn1. The Morgan fingerprint density at radius 2 is 2.20 bits per heavy atom. The lowest BCUT2D eigenvalue weighted by Crippen LogP contribution is -2.03. The van der Waals surface area contributed by atoms with Gasteiger partial charge in [-0.05, 0) is 31.2 Å². The molecule has 2 N–H and O–H groups in total. The predicted octanol–water partition coefficient (Wildman–Crippen LogP) is 3.58. The highest BCUT2D eigenvalue weighted by Gasteiger charge is 2.11. The number of halogens is 1. The number of hydrogen-bond donors (Lipinski definition) is 2. The maximum atomic E-state index is 11.2. The van der Waals surface area contributed by atoms with Gasteiger partial charge < -0.3 is 15.2 Å². The number of benzene rings is 1. The Labute approximate surface area is 121 Å². The van der Waals surface area contributed by atoms with E-state index >= 15 is 0 Å². The van der Waals surface area contributed by atoms with Crippen molar-refractivity contribution in [3.05, 3.63) is 47.1 Å². The Morgan fingerprint density at radius 3 is 2.80 bits per heavy atom. The van der Waals surface area contributed by atoms with E-state index in [0.29, 0.717) is 28.9 Å². The molecule has 0 aliphatic heterocycles. The molecular weight excluding hydrogens is 280 g/mol. The van der Waals surface area contributed by atoms with Crippen molar-refractivity contribution in [2.45, 2.75) is 6.92 Å². The van der Waals surface area contributed by atoms with Gasteiger partial charge in [0.2, 0.25) is 5.88 Å². The van der Waals surface area contributed by atoms with E-state index in [1.165, 1.54) is 6.07 Å². The summed E-state index contributed by atoms with van der Waals surface area (Å²) in [6, 6.07) is 8.11. The zero-order chi connectivity index (χ0) is 14.5. The molecule has 0 spiro atoms. The Kier molecular flexibility index (Phi) is 4.42. The first-order valence-electron chi connectivity index (χ1n) is 5.99. The number of rotatable bonds is 5. The molecule has 0 atom stereocenters. The summed E-state index contributed by atoms with van der Waals surface area (Å²) < 4.78 is 5.24. The number of carbonyl (C=O) groups is 1. The van der Waals surface area contributed by atoms with Crippen molar-refractivity contribution in [2.24, 2.45) is 0 Å². The minimum Gasteiger partial charge on any atom is -0.478 e. The number of aromatic carboxylic acids is 1. The van der Waals surface area contributed by atoms with Crippen LogP contribution in [0.2, 0.25) is 5.02 Å². The van der Waals surface area contributed by atoms with Gasteiger partial charge in [0.15, 0.2) is 0 Å². The summed E-state index contributed by atoms with van der Waals surface area (Å²) in [6.45, 7) is 2.42. The molecule has 20 heavy (non-hydrogen) atoms. The van der Waals surface area contributed by atoms with E-state index in [1.807, 2.05) is 6.92 Å². The van der Waals surface area contributed by atoms with Crippen molar-refractivity contribution in [1.29, 1.82) is 0 Å². The Bertz CT molecular complexity index is 614. The second-order valence-electron chi connectivity index (χ2n) is 3.94. The van der Waals surface area contributed by atoms with Gasteiger partial charge in [-0.25, -0.2) is 9.78 Å². The third kappa shape index (κ3) is 3.39. The van der Waals surface area contributed by atoms with E-state index in [1.54, 1.807) is 30.5 Å². The monoisotopic (exact) mass is 292 g/mol. The van der Waals surface area contributed by atoms with Crippen LogP contribution in [0.1, 0.15) is 17.3 Å². The molecule has 2 aromatic rings. The molecule has 2 rings (SSSR count). The van der Waals surface area contributed by atoms with Crippen LogP contribution >= 0.6 is 11.6 Å². The Balaban J connectivity index is 2.23. The molecule has 0 bridgehead atoms. The zero-order valence-electron chi connectivity index (χ0n) is 10.8. The molecule has 0 unspecified atom stereocenters. The first-order chi connectivity index (χ1) is 9.60. The fourth-order valence-electron chi connectivity index (χ4n) is 1.65. The molecule has 0 fully saturated rings. The average Bonchev–Trinajstić information content (AvgIpc) is 2.43. The minimum absolute atomic E-state index is 0.103. The van der Waals surface area contributed by atoms with E-state index in [4.69, 9.17) is 21.4 Å². The topological polar surface area (TPSA) is 71.5 Å². The van der Waals surface area contributed by atoms with Gasteiger partial charge in [-0.2, -0.15) is 0 Å². The lowest BCUT2D eigenvalue weighted by atomic mass is 10.1. The third-order valence-corrected chi connectivity index (χ3v) is 2.75. The zero-order valence-corrected chi connectivity index (χ0v) is 11.5. The fourth-order valence-corrected chi connectivity index (χ4v) is 1.82. The van der Waals surface area contributed by atoms with Gasteiger partial charge in [0.1, 0.15) is 0 Å². The summed E-state index contributed by atoms with van der Waals surface area (Å²) in [4.78, 5) is 15.3. The van der Waals surface area contributed by atoms with Gasteiger partial charge in [-0.3, -0.25) is 0 Å². The van der Waals surface area contributed by atoms with Crippen LogP contribution in [0.4, 0.5) is 11.4 Å². The average molecular weight is 293 g/mol. The molecule has 1 aromatic heterocycles. The van der Waals surface area contributed by atoms with E-state index in [-0.39, 0.29) is 5.56 Å². The lowest BCUT2D eigenvalue weighted by Gasteiger charge is -2.10. The van der Waals surface area contributed by atoms with Crippen LogP contribution in [0.5, 0.6) is 5.88 Å². The van der Waals surface area contributed by atoms with E-state index in [9.17, 15) is 4.79 Å². The van der Waals surface area contributed by atoms with Gasteiger partial charge in [0.25, 0.3) is 0 Å². The molecule has 6 heteroatoms. The summed E-state index contributed by atoms with van der Waals surface area (Å²) in [5.74, 6) is -0.526. The normalized spacial score (nSPS) is 10.1. The van der Waals surface area contributed by atoms with Gasteiger partial charge in [0, 0.05) is 11.1 Å². The Hall–Kier alpha value is -2.27. The number of hydrogen-bond acceptors (Lipinski definition) is 4. The van der Waals surface area contributed by atoms with Crippen LogP contribution in [0.15, 0.2) is 36.5 Å². The minimum atomic E-state index is -1.05. The lowest BCUT2D eigenvalue weighted by molar-refractivity contribution is 0.0698. The van der Waals surface area contributed by atoms with Gasteiger partial charge in [-0.1, -0.05) is 11.6 Å². The number of carboxylic acid groups (broad SMARTS) is 1. The highest BCUT2D eigenvalue weighted by molar-refractivity contribution is 6.31. The number of anilines is 2. The van der Waals surface area contributed by atoms with Crippen molar-refractivity contribution in [2.75, 3.05) is 11.9 Å². The second-order valence-corrected chi connectivity index (χ2v) is 4.37. The molecule has 0 aliphatic rings. The quantitative estimate of drug-likeness (QED) is 0.881. The van der Waals surface area contributed by atoms with Gasteiger partial charge in [-0.15, -0.1) is 0 Å². The fraction of sp³-hybridized carbons (Fsp3) is 0.143. The van der Waals surface area contributed by atoms with Crippen LogP contribution < -0.4 is 10.1 Å². The molecule has 0 radical (unpaired) electrons. The molecule has 104 valence electrons. The van der Waals surface area contributed by atoms with E-state index in [0.717, 1.165) is 0 Å². The van der Waals surface area contributed by atoms with Crippen molar-refractivity contribution in [3.63, 3.8) is 0 Å². The first-order valence-corrected chi connectivity index (χ1v) is 6.36. The Morgan fingerprint density at radius 1 is 1.40 bits per heavy atom. The van der Waals surface area contributed by atoms with Crippen LogP contribution in [0.25, 0.3) is 0 Å². The predicted molar refractivity (Wildman–Crippen MR) is 77.1 cm³/mol. The number of ether oxygens (including phenoxy) is 1. The maximum Gasteiger partial charge on any atom is 0.337 e. The first kappa shape index (κ1) is 14.1. The number of pyridine rings is 1. The molecule has 1 aromatic carbocycles. The molecule has 1 heterocycles. The number of carboxylic acids is 1. The smallest absolute Gasteiger partial charge is 0.337 e. The summed E-state index contributed by atoms with van der Waals surface area (Å²) in [7, 11) is 0. The summed E-state index contributed by atoms with van der Waals surface area (Å²) in [5, 5.41) is 12.5. The molecule has 5 nitrogen and oxygen atoms in total. The van der Waals surface area contributed by atoms with Crippen LogP contribution in [0.3, 0.4) is 0 Å². The summed E-state index contributed by atoms with van der Waals surface area (Å²) in [5.41, 5.74) is 1.22. The maximum absolute atomic E-state index is 11.2. The van der Waals surface area contributed by atoms with Gasteiger partial charge in [0.05, 0.1) is 29.7 Å². The highest BCUT2D eigenvalue weighted by Crippen LogP contribution is 2.24. The number of aromatic nitrogens is 1. The van der Waals surface area contributed by atoms with Gasteiger partial charge >= 0.3 is 5.97 Å². The molecule has 0 amide bonds. The third-order valence-electron chi connectivity index (χ3n) is 2.52. The van der Waals surface area contributed by atoms with Crippen molar-refractivity contribution >= 4 is 28.9 Å². The summed E-state index contributed by atoms with van der Waals surface area (Å²) >= 11 is 5.80. The molecular formula is C14H13ClN2O3. The van der Waals surface area contributed by atoms with E-state index in [2.05, 4.69) is 10.3 Å². The second kappa shape index (κ2) is 6.25. The standard InChI is InChI=1S/C14H13ClN2O3/c1-2-20-13-6-4-10(8-16-13)17-12-5-3-9(15)7-11(12)14(18)19/h3-8,17H,2H2,1H3,(H,18,19). The molecule has 0 saturated carbocycles. The largest absolute Gasteiger partial charge is 0.478 e. The highest BCUT2D eigenvalue weighted by atomic mass is 35.5. The van der Waals surface area contributed by atoms with Crippen molar-refractivity contribution in [1.82, 2.24) is 4.98 Å². The number of nitrogens with zero attached hydrogens (tertiary/aromatic N) is 1. The van der Waals surface area contributed by atoms with Crippen molar-refractivity contribution in [3.8, 4) is 5.88 Å². The van der Waals surface area contributed by atoms with Crippen molar-refractivity contribution < 1.29 is 14.6 Å². The molecule has 0 aliphatic carbocycles. The van der Waals surface area contributed by atoms with E-state index < -0.39 is 5.97 Å². The number of nitrogens with one attached hydrogen (secondary N) is 1. The van der Waals surface area contributed by atoms with Crippen LogP contribution in [-0.2, 0) is 0 Å².